The van der Waals surface area contributed by atoms with Crippen LogP contribution in [0.15, 0.2) is 90.6 Å². The third-order valence-corrected chi connectivity index (χ3v) is 6.58. The molecule has 3 aromatic rings. The van der Waals surface area contributed by atoms with Gasteiger partial charge in [-0.25, -0.2) is 5.06 Å². The van der Waals surface area contributed by atoms with Crippen LogP contribution in [0.25, 0.3) is 11.1 Å². The Labute approximate surface area is 189 Å². The number of benzene rings is 3. The maximum Gasteiger partial charge on any atom is 0.259 e. The number of amides is 1. The van der Waals surface area contributed by atoms with E-state index in [-0.39, 0.29) is 5.91 Å². The Balaban J connectivity index is 1.85. The van der Waals surface area contributed by atoms with Gasteiger partial charge in [-0.1, -0.05) is 84.9 Å². The fourth-order valence-electron chi connectivity index (χ4n) is 5.01. The van der Waals surface area contributed by atoms with Crippen molar-refractivity contribution in [3.05, 3.63) is 107 Å². The second-order valence-corrected chi connectivity index (χ2v) is 8.97. The molecule has 3 aromatic carbocycles. The quantitative estimate of drug-likeness (QED) is 0.529. The number of hydroxylamine groups is 2. The Bertz CT molecular complexity index is 1170. The molecule has 4 heteroatoms. The zero-order chi connectivity index (χ0) is 22.5. The number of fused-ring (bicyclic) bond motifs is 5. The summed E-state index contributed by atoms with van der Waals surface area (Å²) in [6, 6.07) is 26.9. The highest BCUT2D eigenvalue weighted by Crippen LogP contribution is 2.56. The SMILES string of the molecule is C/C=C(\C)N1OC(C)(C)C(=O)N(Cc2ccccc2)C12c1ccccc1-c1ccccc12. The number of allylic oxidation sites excluding steroid dienone is 2. The average Bonchev–Trinajstić information content (AvgIpc) is 3.11. The van der Waals surface area contributed by atoms with E-state index in [1.165, 1.54) is 0 Å². The van der Waals surface area contributed by atoms with E-state index in [9.17, 15) is 4.79 Å². The van der Waals surface area contributed by atoms with Gasteiger partial charge >= 0.3 is 0 Å². The predicted octanol–water partition coefficient (Wildman–Crippen LogP) is 5.85. The summed E-state index contributed by atoms with van der Waals surface area (Å²) in [5.74, 6) is -0.0342. The maximum absolute atomic E-state index is 14.0. The molecule has 0 unspecified atom stereocenters. The highest BCUT2D eigenvalue weighted by molar-refractivity contribution is 5.90. The van der Waals surface area contributed by atoms with Gasteiger partial charge in [-0.15, -0.1) is 0 Å². The molecule has 0 atom stereocenters. The van der Waals surface area contributed by atoms with Crippen molar-refractivity contribution in [1.82, 2.24) is 9.96 Å². The Morgan fingerprint density at radius 2 is 1.41 bits per heavy atom. The fourth-order valence-corrected chi connectivity index (χ4v) is 5.01. The van der Waals surface area contributed by atoms with Gasteiger partial charge in [-0.05, 0) is 44.4 Å². The number of rotatable bonds is 3. The van der Waals surface area contributed by atoms with Crippen LogP contribution in [-0.4, -0.2) is 21.5 Å². The summed E-state index contributed by atoms with van der Waals surface area (Å²) in [7, 11) is 0. The van der Waals surface area contributed by atoms with Gasteiger partial charge < -0.3 is 4.90 Å². The van der Waals surface area contributed by atoms with Crippen LogP contribution in [0.1, 0.15) is 44.4 Å². The lowest BCUT2D eigenvalue weighted by Gasteiger charge is -2.57. The van der Waals surface area contributed by atoms with E-state index in [1.807, 2.05) is 74.1 Å². The molecule has 0 saturated carbocycles. The molecule has 1 saturated heterocycles. The highest BCUT2D eigenvalue weighted by atomic mass is 16.7. The first kappa shape index (κ1) is 20.5. The van der Waals surface area contributed by atoms with Crippen LogP contribution in [0, 0.1) is 0 Å². The van der Waals surface area contributed by atoms with Crippen molar-refractivity contribution < 1.29 is 9.63 Å². The first-order valence-corrected chi connectivity index (χ1v) is 11.1. The van der Waals surface area contributed by atoms with Crippen molar-refractivity contribution in [2.24, 2.45) is 0 Å². The molecule has 1 aliphatic carbocycles. The molecular formula is C28H28N2O2. The van der Waals surface area contributed by atoms with Crippen LogP contribution in [0.4, 0.5) is 0 Å². The number of hydrogen-bond acceptors (Lipinski definition) is 3. The second-order valence-electron chi connectivity index (χ2n) is 8.97. The van der Waals surface area contributed by atoms with Crippen LogP contribution in [-0.2, 0) is 21.8 Å². The molecule has 1 fully saturated rings. The van der Waals surface area contributed by atoms with Gasteiger partial charge in [0.25, 0.3) is 5.91 Å². The molecular weight excluding hydrogens is 396 g/mol. The van der Waals surface area contributed by atoms with E-state index >= 15 is 0 Å². The molecule has 0 aromatic heterocycles. The Kier molecular flexibility index (Phi) is 4.72. The summed E-state index contributed by atoms with van der Waals surface area (Å²) in [5.41, 5.74) is 4.51. The molecule has 1 aliphatic heterocycles. The number of hydrogen-bond donors (Lipinski definition) is 0. The van der Waals surface area contributed by atoms with E-state index in [0.717, 1.165) is 33.5 Å². The molecule has 5 rings (SSSR count). The normalized spacial score (nSPS) is 18.6. The first-order chi connectivity index (χ1) is 15.4. The monoisotopic (exact) mass is 424 g/mol. The van der Waals surface area contributed by atoms with Crippen LogP contribution in [0.2, 0.25) is 0 Å². The molecule has 2 aliphatic rings. The van der Waals surface area contributed by atoms with E-state index in [4.69, 9.17) is 4.84 Å². The maximum atomic E-state index is 14.0. The second kappa shape index (κ2) is 7.35. The van der Waals surface area contributed by atoms with Crippen LogP contribution < -0.4 is 0 Å². The van der Waals surface area contributed by atoms with E-state index in [0.29, 0.717) is 6.54 Å². The summed E-state index contributed by atoms with van der Waals surface area (Å²) in [6.07, 6.45) is 2.04. The van der Waals surface area contributed by atoms with Gasteiger partial charge in [0.2, 0.25) is 0 Å². The molecule has 1 spiro atoms. The smallest absolute Gasteiger partial charge is 0.259 e. The van der Waals surface area contributed by atoms with Gasteiger partial charge in [0.1, 0.15) is 0 Å². The van der Waals surface area contributed by atoms with Crippen molar-refractivity contribution in [1.29, 1.82) is 0 Å². The molecule has 0 bridgehead atoms. The van der Waals surface area contributed by atoms with Crippen molar-refractivity contribution in [2.75, 3.05) is 0 Å². The highest BCUT2D eigenvalue weighted by Gasteiger charge is 2.61. The van der Waals surface area contributed by atoms with Gasteiger partial charge in [-0.2, -0.15) is 0 Å². The van der Waals surface area contributed by atoms with Crippen molar-refractivity contribution in [3.63, 3.8) is 0 Å². The minimum atomic E-state index is -1.00. The number of nitrogens with zero attached hydrogens (tertiary/aromatic N) is 2. The lowest BCUT2D eigenvalue weighted by molar-refractivity contribution is -0.313. The third-order valence-electron chi connectivity index (χ3n) is 6.58. The van der Waals surface area contributed by atoms with Crippen LogP contribution in [0.5, 0.6) is 0 Å². The molecule has 1 heterocycles. The van der Waals surface area contributed by atoms with E-state index in [2.05, 4.69) is 48.5 Å². The molecule has 4 nitrogen and oxygen atoms in total. The Hall–Kier alpha value is -3.37. The summed E-state index contributed by atoms with van der Waals surface area (Å²) < 4.78 is 0. The lowest BCUT2D eigenvalue weighted by atomic mass is 9.89. The first-order valence-electron chi connectivity index (χ1n) is 11.1. The number of carbonyl (C=O) groups excluding carboxylic acids is 1. The summed E-state index contributed by atoms with van der Waals surface area (Å²) >= 11 is 0. The van der Waals surface area contributed by atoms with E-state index < -0.39 is 11.3 Å². The summed E-state index contributed by atoms with van der Waals surface area (Å²) in [4.78, 5) is 22.6. The number of carbonyl (C=O) groups is 1. The standard InChI is InChI=1S/C28H28N2O2/c1-5-20(2)30-28(24-17-11-9-15-22(24)23-16-10-12-18-25(23)28)29(26(31)27(3,4)32-30)19-21-13-7-6-8-14-21/h5-18H,19H2,1-4H3/b20-5+. The van der Waals surface area contributed by atoms with Gasteiger partial charge in [0, 0.05) is 23.4 Å². The largest absolute Gasteiger partial charge is 0.303 e. The Morgan fingerprint density at radius 3 is 1.97 bits per heavy atom. The average molecular weight is 425 g/mol. The van der Waals surface area contributed by atoms with Crippen molar-refractivity contribution in [3.8, 4) is 11.1 Å². The molecule has 0 radical (unpaired) electrons. The van der Waals surface area contributed by atoms with Crippen molar-refractivity contribution in [2.45, 2.75) is 45.5 Å². The van der Waals surface area contributed by atoms with Gasteiger partial charge in [-0.3, -0.25) is 9.63 Å². The van der Waals surface area contributed by atoms with Crippen molar-refractivity contribution >= 4 is 5.91 Å². The lowest BCUT2D eigenvalue weighted by Crippen LogP contribution is -2.69. The molecule has 0 N–H and O–H groups in total. The zero-order valence-corrected chi connectivity index (χ0v) is 19.0. The summed E-state index contributed by atoms with van der Waals surface area (Å²) in [5, 5.41) is 1.96. The van der Waals surface area contributed by atoms with Gasteiger partial charge in [0.15, 0.2) is 11.3 Å². The molecule has 1 amide bonds. The topological polar surface area (TPSA) is 32.8 Å². The van der Waals surface area contributed by atoms with Gasteiger partial charge in [0.05, 0.1) is 0 Å². The predicted molar refractivity (Wildman–Crippen MR) is 126 cm³/mol. The Morgan fingerprint density at radius 1 is 0.875 bits per heavy atom. The fraction of sp³-hybridized carbons (Fsp3) is 0.250. The molecule has 162 valence electrons. The zero-order valence-electron chi connectivity index (χ0n) is 19.0. The third kappa shape index (κ3) is 2.76. The van der Waals surface area contributed by atoms with Crippen LogP contribution >= 0.6 is 0 Å². The van der Waals surface area contributed by atoms with E-state index in [1.54, 1.807) is 0 Å². The molecule has 32 heavy (non-hydrogen) atoms. The van der Waals surface area contributed by atoms with Crippen LogP contribution in [0.3, 0.4) is 0 Å². The minimum absolute atomic E-state index is 0.0342. The minimum Gasteiger partial charge on any atom is -0.303 e. The summed E-state index contributed by atoms with van der Waals surface area (Å²) in [6.45, 7) is 8.22.